The van der Waals surface area contributed by atoms with Gasteiger partial charge in [0.2, 0.25) is 5.88 Å². The molecule has 154 valence electrons. The Hall–Kier alpha value is -2.56. The lowest BCUT2D eigenvalue weighted by Gasteiger charge is -2.34. The van der Waals surface area contributed by atoms with Crippen LogP contribution >= 0.6 is 0 Å². The monoisotopic (exact) mass is 393 g/mol. The molecule has 1 aromatic carbocycles. The first-order valence-corrected chi connectivity index (χ1v) is 10.6. The molecule has 2 heterocycles. The summed E-state index contributed by atoms with van der Waals surface area (Å²) in [6, 6.07) is 6.28. The number of rotatable bonds is 3. The summed E-state index contributed by atoms with van der Waals surface area (Å²) < 4.78 is 9.89. The standard InChI is InChI=1S/C24H31N3O2/c1-14-12-17(4)20(18(5)13-14)27-11-10-19-21(27)24(28)26(6)25-23(19)29-22-15(2)8-7-9-16(22)3/h10-13,15-16,22H,7-9H2,1-6H3. The van der Waals surface area contributed by atoms with Crippen molar-refractivity contribution in [3.8, 4) is 11.6 Å². The summed E-state index contributed by atoms with van der Waals surface area (Å²) in [6.07, 6.45) is 5.70. The summed E-state index contributed by atoms with van der Waals surface area (Å²) in [7, 11) is 1.70. The van der Waals surface area contributed by atoms with Gasteiger partial charge in [0.25, 0.3) is 5.56 Å². The minimum Gasteiger partial charge on any atom is -0.472 e. The van der Waals surface area contributed by atoms with Crippen LogP contribution in [-0.4, -0.2) is 20.5 Å². The number of aryl methyl sites for hydroxylation is 4. The molecule has 0 spiro atoms. The van der Waals surface area contributed by atoms with Crippen molar-refractivity contribution in [3.05, 3.63) is 51.4 Å². The second-order valence-corrected chi connectivity index (χ2v) is 8.90. The van der Waals surface area contributed by atoms with E-state index in [2.05, 4.69) is 51.9 Å². The number of nitrogens with zero attached hydrogens (tertiary/aromatic N) is 3. The highest BCUT2D eigenvalue weighted by Gasteiger charge is 2.31. The van der Waals surface area contributed by atoms with Crippen LogP contribution in [0.15, 0.2) is 29.2 Å². The van der Waals surface area contributed by atoms with E-state index in [9.17, 15) is 4.79 Å². The van der Waals surface area contributed by atoms with Crippen molar-refractivity contribution in [2.75, 3.05) is 0 Å². The summed E-state index contributed by atoms with van der Waals surface area (Å²) in [4.78, 5) is 13.1. The Morgan fingerprint density at radius 3 is 2.31 bits per heavy atom. The Morgan fingerprint density at radius 1 is 1.07 bits per heavy atom. The third-order valence-electron chi connectivity index (χ3n) is 6.42. The Kier molecular flexibility index (Phi) is 5.01. The van der Waals surface area contributed by atoms with E-state index in [-0.39, 0.29) is 11.7 Å². The smallest absolute Gasteiger partial charge is 0.291 e. The molecule has 1 fully saturated rings. The summed E-state index contributed by atoms with van der Waals surface area (Å²) in [5.74, 6) is 1.53. The fraction of sp³-hybridized carbons (Fsp3) is 0.500. The van der Waals surface area contributed by atoms with Crippen molar-refractivity contribution < 1.29 is 4.74 Å². The fourth-order valence-corrected chi connectivity index (χ4v) is 5.05. The van der Waals surface area contributed by atoms with Crippen molar-refractivity contribution in [2.45, 2.75) is 60.0 Å². The van der Waals surface area contributed by atoms with Crippen molar-refractivity contribution in [1.29, 1.82) is 0 Å². The number of aromatic nitrogens is 3. The van der Waals surface area contributed by atoms with Crippen LogP contribution in [0.2, 0.25) is 0 Å². The first-order chi connectivity index (χ1) is 13.8. The van der Waals surface area contributed by atoms with Gasteiger partial charge >= 0.3 is 0 Å². The third kappa shape index (κ3) is 3.37. The van der Waals surface area contributed by atoms with Crippen LogP contribution in [-0.2, 0) is 7.05 Å². The maximum Gasteiger partial charge on any atom is 0.291 e. The Labute approximate surface area is 172 Å². The van der Waals surface area contributed by atoms with Gasteiger partial charge in [-0.05, 0) is 62.6 Å². The number of benzene rings is 1. The average Bonchev–Trinajstić information content (AvgIpc) is 3.06. The van der Waals surface area contributed by atoms with E-state index in [1.165, 1.54) is 29.5 Å². The molecule has 0 aliphatic heterocycles. The molecule has 0 radical (unpaired) electrons. The molecule has 2 atom stereocenters. The zero-order chi connectivity index (χ0) is 20.9. The molecular formula is C24H31N3O2. The highest BCUT2D eigenvalue weighted by Crippen LogP contribution is 2.34. The molecule has 4 rings (SSSR count). The summed E-state index contributed by atoms with van der Waals surface area (Å²) in [5, 5.41) is 5.29. The normalized spacial score (nSPS) is 22.2. The first-order valence-electron chi connectivity index (χ1n) is 10.6. The van der Waals surface area contributed by atoms with Crippen molar-refractivity contribution in [1.82, 2.24) is 14.3 Å². The van der Waals surface area contributed by atoms with Crippen LogP contribution < -0.4 is 10.3 Å². The van der Waals surface area contributed by atoms with E-state index in [1.54, 1.807) is 7.05 Å². The van der Waals surface area contributed by atoms with E-state index in [4.69, 9.17) is 4.74 Å². The average molecular weight is 394 g/mol. The van der Waals surface area contributed by atoms with Gasteiger partial charge in [-0.2, -0.15) is 0 Å². The van der Waals surface area contributed by atoms with Crippen molar-refractivity contribution in [2.24, 2.45) is 18.9 Å². The van der Waals surface area contributed by atoms with E-state index in [1.807, 2.05) is 16.8 Å². The predicted octanol–water partition coefficient (Wildman–Crippen LogP) is 4.85. The molecule has 3 aromatic rings. The van der Waals surface area contributed by atoms with Gasteiger partial charge < -0.3 is 9.30 Å². The van der Waals surface area contributed by atoms with Gasteiger partial charge in [-0.3, -0.25) is 4.79 Å². The number of ether oxygens (including phenoxy) is 1. The van der Waals surface area contributed by atoms with E-state index in [0.29, 0.717) is 23.2 Å². The van der Waals surface area contributed by atoms with Crippen LogP contribution in [0.25, 0.3) is 16.6 Å². The number of hydrogen-bond donors (Lipinski definition) is 0. The molecule has 1 saturated carbocycles. The lowest BCUT2D eigenvalue weighted by Crippen LogP contribution is -2.36. The van der Waals surface area contributed by atoms with Gasteiger partial charge in [0, 0.05) is 13.2 Å². The summed E-state index contributed by atoms with van der Waals surface area (Å²) >= 11 is 0. The molecule has 0 bridgehead atoms. The maximum absolute atomic E-state index is 13.1. The van der Waals surface area contributed by atoms with Crippen LogP contribution in [0.1, 0.15) is 49.8 Å². The molecule has 5 heteroatoms. The lowest BCUT2D eigenvalue weighted by molar-refractivity contribution is 0.0512. The zero-order valence-corrected chi connectivity index (χ0v) is 18.3. The lowest BCUT2D eigenvalue weighted by atomic mass is 9.80. The van der Waals surface area contributed by atoms with E-state index >= 15 is 0 Å². The topological polar surface area (TPSA) is 49.0 Å². The highest BCUT2D eigenvalue weighted by atomic mass is 16.5. The quantitative estimate of drug-likeness (QED) is 0.639. The van der Waals surface area contributed by atoms with Crippen LogP contribution in [0.4, 0.5) is 0 Å². The Bertz CT molecular complexity index is 1090. The SMILES string of the molecule is Cc1cc(C)c(-n2ccc3c(OC4C(C)CCCC4C)nn(C)c(=O)c32)c(C)c1. The van der Waals surface area contributed by atoms with E-state index < -0.39 is 0 Å². The third-order valence-corrected chi connectivity index (χ3v) is 6.42. The Morgan fingerprint density at radius 2 is 1.69 bits per heavy atom. The van der Waals surface area contributed by atoms with Gasteiger partial charge in [-0.25, -0.2) is 4.68 Å². The number of hydrogen-bond acceptors (Lipinski definition) is 3. The zero-order valence-electron chi connectivity index (χ0n) is 18.3. The second-order valence-electron chi connectivity index (χ2n) is 8.90. The van der Waals surface area contributed by atoms with Gasteiger partial charge in [-0.15, -0.1) is 5.10 Å². The van der Waals surface area contributed by atoms with Crippen LogP contribution in [0.3, 0.4) is 0 Å². The van der Waals surface area contributed by atoms with Gasteiger partial charge in [0.15, 0.2) is 0 Å². The second kappa shape index (κ2) is 7.36. The van der Waals surface area contributed by atoms with Crippen molar-refractivity contribution >= 4 is 10.9 Å². The molecule has 0 N–H and O–H groups in total. The molecule has 29 heavy (non-hydrogen) atoms. The molecule has 5 nitrogen and oxygen atoms in total. The molecule has 1 aliphatic rings. The van der Waals surface area contributed by atoms with E-state index in [0.717, 1.165) is 22.2 Å². The molecule has 2 aromatic heterocycles. The van der Waals surface area contributed by atoms with Crippen LogP contribution in [0, 0.1) is 32.6 Å². The minimum absolute atomic E-state index is 0.110. The summed E-state index contributed by atoms with van der Waals surface area (Å²) in [5.41, 5.74) is 5.09. The van der Waals surface area contributed by atoms with Gasteiger partial charge in [-0.1, -0.05) is 38.0 Å². The highest BCUT2D eigenvalue weighted by molar-refractivity contribution is 5.86. The molecular weight excluding hydrogens is 362 g/mol. The number of fused-ring (bicyclic) bond motifs is 1. The molecule has 2 unspecified atom stereocenters. The fourth-order valence-electron chi connectivity index (χ4n) is 5.05. The largest absolute Gasteiger partial charge is 0.472 e. The predicted molar refractivity (Wildman–Crippen MR) is 117 cm³/mol. The Balaban J connectivity index is 1.88. The molecule has 0 saturated heterocycles. The van der Waals surface area contributed by atoms with Crippen molar-refractivity contribution in [3.63, 3.8) is 0 Å². The summed E-state index contributed by atoms with van der Waals surface area (Å²) in [6.45, 7) is 10.8. The van der Waals surface area contributed by atoms with Gasteiger partial charge in [0.1, 0.15) is 11.6 Å². The molecule has 0 amide bonds. The maximum atomic E-state index is 13.1. The van der Waals surface area contributed by atoms with Crippen LogP contribution in [0.5, 0.6) is 5.88 Å². The molecule has 1 aliphatic carbocycles. The first kappa shape index (κ1) is 19.7. The van der Waals surface area contributed by atoms with Gasteiger partial charge in [0.05, 0.1) is 11.1 Å². The minimum atomic E-state index is -0.110.